The van der Waals surface area contributed by atoms with Gasteiger partial charge in [-0.15, -0.1) is 0 Å². The van der Waals surface area contributed by atoms with Crippen LogP contribution in [0.2, 0.25) is 0 Å². The summed E-state index contributed by atoms with van der Waals surface area (Å²) in [6, 6.07) is 37.4. The van der Waals surface area contributed by atoms with Crippen LogP contribution in [0.15, 0.2) is 114 Å². The Kier molecular flexibility index (Phi) is 4.51. The predicted octanol–water partition coefficient (Wildman–Crippen LogP) is 7.37. The van der Waals surface area contributed by atoms with Crippen LogP contribution < -0.4 is 10.6 Å². The molecule has 160 valence electrons. The van der Waals surface area contributed by atoms with Crippen molar-refractivity contribution in [2.75, 3.05) is 10.6 Å². The highest BCUT2D eigenvalue weighted by molar-refractivity contribution is 6.19. The fourth-order valence-electron chi connectivity index (χ4n) is 4.71. The van der Waals surface area contributed by atoms with E-state index in [9.17, 15) is 0 Å². The Hall–Kier alpha value is -4.31. The smallest absolute Gasteiger partial charge is 0.107 e. The molecule has 4 heteroatoms. The Labute approximate surface area is 193 Å². The molecule has 4 nitrogen and oxygen atoms in total. The van der Waals surface area contributed by atoms with Crippen molar-refractivity contribution >= 4 is 39.4 Å². The molecule has 1 aromatic heterocycles. The van der Waals surface area contributed by atoms with Crippen LogP contribution in [0.25, 0.3) is 10.9 Å². The molecule has 6 rings (SSSR count). The number of H-pyrrole nitrogens is 1. The standard InChI is InChI=1S/C29H24N4/c1-29(33-21-14-6-3-7-15-21)23-17-9-11-19-25(23)32-28(29)27-26(30-20-12-4-2-5-13-20)22-16-8-10-18-24(22)31-27/h2-19,30-31,33H,1H3. The van der Waals surface area contributed by atoms with Gasteiger partial charge in [-0.05, 0) is 43.3 Å². The van der Waals surface area contributed by atoms with Gasteiger partial charge in [-0.1, -0.05) is 72.8 Å². The van der Waals surface area contributed by atoms with Gasteiger partial charge in [0, 0.05) is 27.8 Å². The Morgan fingerprint density at radius 1 is 0.697 bits per heavy atom. The molecule has 1 unspecified atom stereocenters. The van der Waals surface area contributed by atoms with Gasteiger partial charge in [-0.3, -0.25) is 0 Å². The molecule has 1 aliphatic heterocycles. The molecule has 33 heavy (non-hydrogen) atoms. The molecule has 5 aromatic rings. The SMILES string of the molecule is CC1(Nc2ccccc2)C(c2[nH]c3ccccc3c2Nc2ccccc2)=Nc2ccccc21. The molecule has 0 bridgehead atoms. The Morgan fingerprint density at radius 2 is 1.33 bits per heavy atom. The van der Waals surface area contributed by atoms with Gasteiger partial charge in [0.1, 0.15) is 5.54 Å². The zero-order valence-electron chi connectivity index (χ0n) is 18.3. The van der Waals surface area contributed by atoms with Crippen LogP contribution in [0.5, 0.6) is 0 Å². The monoisotopic (exact) mass is 428 g/mol. The van der Waals surface area contributed by atoms with Gasteiger partial charge >= 0.3 is 0 Å². The number of hydrogen-bond acceptors (Lipinski definition) is 3. The number of aromatic amines is 1. The van der Waals surface area contributed by atoms with E-state index in [4.69, 9.17) is 4.99 Å². The number of rotatable bonds is 5. The molecular formula is C29H24N4. The van der Waals surface area contributed by atoms with Gasteiger partial charge in [0.15, 0.2) is 0 Å². The average molecular weight is 429 g/mol. The number of aromatic nitrogens is 1. The van der Waals surface area contributed by atoms with Crippen LogP contribution in [-0.2, 0) is 5.54 Å². The van der Waals surface area contributed by atoms with E-state index in [1.54, 1.807) is 0 Å². The molecule has 0 saturated carbocycles. The summed E-state index contributed by atoms with van der Waals surface area (Å²) in [5.41, 5.74) is 7.79. The van der Waals surface area contributed by atoms with Gasteiger partial charge in [-0.25, -0.2) is 4.99 Å². The summed E-state index contributed by atoms with van der Waals surface area (Å²) in [5.74, 6) is 0. The fourth-order valence-corrected chi connectivity index (χ4v) is 4.71. The average Bonchev–Trinajstić information content (AvgIpc) is 3.35. The third-order valence-corrected chi connectivity index (χ3v) is 6.30. The normalized spacial score (nSPS) is 16.9. The summed E-state index contributed by atoms with van der Waals surface area (Å²) in [5, 5.41) is 8.58. The quantitative estimate of drug-likeness (QED) is 0.274. The minimum atomic E-state index is -0.508. The number of fused-ring (bicyclic) bond motifs is 2. The van der Waals surface area contributed by atoms with Crippen LogP contribution in [-0.4, -0.2) is 10.7 Å². The summed E-state index contributed by atoms with van der Waals surface area (Å²) < 4.78 is 0. The van der Waals surface area contributed by atoms with Crippen molar-refractivity contribution in [3.63, 3.8) is 0 Å². The van der Waals surface area contributed by atoms with E-state index in [0.29, 0.717) is 0 Å². The van der Waals surface area contributed by atoms with Gasteiger partial charge in [0.25, 0.3) is 0 Å². The number of para-hydroxylation sites is 4. The van der Waals surface area contributed by atoms with E-state index < -0.39 is 5.54 Å². The van der Waals surface area contributed by atoms with E-state index in [1.807, 2.05) is 30.3 Å². The molecule has 0 amide bonds. The minimum absolute atomic E-state index is 0.508. The van der Waals surface area contributed by atoms with Crippen molar-refractivity contribution < 1.29 is 0 Å². The highest BCUT2D eigenvalue weighted by Crippen LogP contribution is 2.45. The Bertz CT molecular complexity index is 1470. The molecule has 0 saturated heterocycles. The molecule has 2 heterocycles. The third-order valence-electron chi connectivity index (χ3n) is 6.30. The summed E-state index contributed by atoms with van der Waals surface area (Å²) in [4.78, 5) is 8.82. The summed E-state index contributed by atoms with van der Waals surface area (Å²) in [6.07, 6.45) is 0. The molecule has 4 aromatic carbocycles. The first-order chi connectivity index (χ1) is 16.2. The molecule has 0 aliphatic carbocycles. The first-order valence-electron chi connectivity index (χ1n) is 11.2. The first-order valence-corrected chi connectivity index (χ1v) is 11.2. The van der Waals surface area contributed by atoms with Crippen molar-refractivity contribution in [2.45, 2.75) is 12.5 Å². The highest BCUT2D eigenvalue weighted by Gasteiger charge is 2.42. The predicted molar refractivity (Wildman–Crippen MR) is 138 cm³/mol. The summed E-state index contributed by atoms with van der Waals surface area (Å²) in [6.45, 7) is 2.21. The second kappa shape index (κ2) is 7.68. The van der Waals surface area contributed by atoms with Crippen molar-refractivity contribution in [3.05, 3.63) is 120 Å². The lowest BCUT2D eigenvalue weighted by molar-refractivity contribution is 0.756. The number of nitrogens with zero attached hydrogens (tertiary/aromatic N) is 1. The molecule has 0 spiro atoms. The van der Waals surface area contributed by atoms with E-state index >= 15 is 0 Å². The van der Waals surface area contributed by atoms with Gasteiger partial charge < -0.3 is 15.6 Å². The third kappa shape index (κ3) is 3.28. The fraction of sp³-hybridized carbons (Fsp3) is 0.0690. The Balaban J connectivity index is 1.55. The lowest BCUT2D eigenvalue weighted by Crippen LogP contribution is -2.39. The van der Waals surface area contributed by atoms with Gasteiger partial charge in [0.05, 0.1) is 22.8 Å². The minimum Gasteiger partial charge on any atom is -0.370 e. The molecule has 1 atom stereocenters. The van der Waals surface area contributed by atoms with Crippen molar-refractivity contribution in [1.29, 1.82) is 0 Å². The second-order valence-corrected chi connectivity index (χ2v) is 8.51. The number of hydrogen-bond donors (Lipinski definition) is 3. The van der Waals surface area contributed by atoms with Crippen LogP contribution in [0.4, 0.5) is 22.7 Å². The summed E-state index contributed by atoms with van der Waals surface area (Å²) in [7, 11) is 0. The number of nitrogens with one attached hydrogen (secondary N) is 3. The largest absolute Gasteiger partial charge is 0.370 e. The maximum atomic E-state index is 5.15. The zero-order chi connectivity index (χ0) is 22.3. The van der Waals surface area contributed by atoms with Crippen LogP contribution in [0.1, 0.15) is 18.2 Å². The molecular weight excluding hydrogens is 404 g/mol. The van der Waals surface area contributed by atoms with Crippen molar-refractivity contribution in [2.24, 2.45) is 4.99 Å². The molecule has 1 aliphatic rings. The maximum Gasteiger partial charge on any atom is 0.107 e. The maximum absolute atomic E-state index is 5.15. The molecule has 0 radical (unpaired) electrons. The first kappa shape index (κ1) is 19.4. The van der Waals surface area contributed by atoms with Crippen molar-refractivity contribution in [3.8, 4) is 0 Å². The van der Waals surface area contributed by atoms with E-state index in [0.717, 1.165) is 50.6 Å². The zero-order valence-corrected chi connectivity index (χ0v) is 18.3. The van der Waals surface area contributed by atoms with Crippen LogP contribution >= 0.6 is 0 Å². The van der Waals surface area contributed by atoms with E-state index in [2.05, 4.69) is 101 Å². The lowest BCUT2D eigenvalue weighted by Gasteiger charge is -2.30. The number of benzene rings is 4. The van der Waals surface area contributed by atoms with E-state index in [-0.39, 0.29) is 0 Å². The number of anilines is 3. The van der Waals surface area contributed by atoms with Gasteiger partial charge in [0.2, 0.25) is 0 Å². The van der Waals surface area contributed by atoms with Crippen LogP contribution in [0.3, 0.4) is 0 Å². The van der Waals surface area contributed by atoms with E-state index in [1.165, 1.54) is 0 Å². The van der Waals surface area contributed by atoms with Crippen molar-refractivity contribution in [1.82, 2.24) is 4.98 Å². The Morgan fingerprint density at radius 3 is 2.12 bits per heavy atom. The highest BCUT2D eigenvalue weighted by atomic mass is 15.1. The van der Waals surface area contributed by atoms with Crippen LogP contribution in [0, 0.1) is 0 Å². The second-order valence-electron chi connectivity index (χ2n) is 8.51. The number of aliphatic imine (C=N–C) groups is 1. The molecule has 3 N–H and O–H groups in total. The van der Waals surface area contributed by atoms with Gasteiger partial charge in [-0.2, -0.15) is 0 Å². The lowest BCUT2D eigenvalue weighted by atomic mass is 9.86. The topological polar surface area (TPSA) is 52.2 Å². The summed E-state index contributed by atoms with van der Waals surface area (Å²) >= 11 is 0. The molecule has 0 fully saturated rings.